The normalized spacial score (nSPS) is 14.6. The molecule has 5 nitrogen and oxygen atoms in total. The number of ether oxygens (including phenoxy) is 1. The molecule has 1 aliphatic rings. The van der Waals surface area contributed by atoms with Crippen molar-refractivity contribution in [2.75, 3.05) is 38.2 Å². The Balaban J connectivity index is 1.91. The molecule has 1 amide bonds. The highest BCUT2D eigenvalue weighted by atomic mass is 16.5. The monoisotopic (exact) mass is 276 g/mol. The fourth-order valence-electron chi connectivity index (χ4n) is 1.99. The highest BCUT2D eigenvalue weighted by Crippen LogP contribution is 2.12. The summed E-state index contributed by atoms with van der Waals surface area (Å²) in [5.74, 6) is -0.178. The van der Waals surface area contributed by atoms with Gasteiger partial charge >= 0.3 is 0 Å². The molecule has 0 radical (unpaired) electrons. The third-order valence-electron chi connectivity index (χ3n) is 3.02. The Bertz CT molecular complexity index is 486. The minimum absolute atomic E-state index is 0.0577. The zero-order chi connectivity index (χ0) is 14.2. The Morgan fingerprint density at radius 2 is 2.30 bits per heavy atom. The quantitative estimate of drug-likeness (QED) is 0.682. The van der Waals surface area contributed by atoms with Gasteiger partial charge in [-0.3, -0.25) is 4.79 Å². The van der Waals surface area contributed by atoms with Crippen LogP contribution in [0.1, 0.15) is 16.8 Å². The molecule has 108 valence electrons. The number of aliphatic hydroxyl groups excluding tert-OH is 1. The number of carbonyl (C=O) groups is 1. The Hall–Kier alpha value is -1.85. The van der Waals surface area contributed by atoms with Crippen molar-refractivity contribution in [3.05, 3.63) is 41.5 Å². The van der Waals surface area contributed by atoms with Crippen molar-refractivity contribution in [1.29, 1.82) is 0 Å². The molecule has 0 spiro atoms. The van der Waals surface area contributed by atoms with E-state index in [0.717, 1.165) is 25.3 Å². The van der Waals surface area contributed by atoms with Gasteiger partial charge in [0.05, 0.1) is 19.8 Å². The Labute approximate surface area is 118 Å². The molecule has 0 fully saturated rings. The van der Waals surface area contributed by atoms with E-state index < -0.39 is 0 Å². The summed E-state index contributed by atoms with van der Waals surface area (Å²) < 4.78 is 5.38. The number of hydrogen-bond acceptors (Lipinski definition) is 4. The predicted octanol–water partition coefficient (Wildman–Crippen LogP) is 1.17. The molecule has 0 unspecified atom stereocenters. The maximum absolute atomic E-state index is 11.8. The maximum atomic E-state index is 11.8. The highest BCUT2D eigenvalue weighted by molar-refractivity contribution is 5.95. The zero-order valence-corrected chi connectivity index (χ0v) is 11.4. The molecule has 0 aliphatic carbocycles. The number of rotatable bonds is 6. The number of amides is 1. The van der Waals surface area contributed by atoms with E-state index in [1.54, 1.807) is 12.1 Å². The molecule has 2 rings (SSSR count). The number of benzene rings is 1. The number of anilines is 1. The highest BCUT2D eigenvalue weighted by Gasteiger charge is 2.06. The second-order valence-corrected chi connectivity index (χ2v) is 4.62. The lowest BCUT2D eigenvalue weighted by Crippen LogP contribution is -2.26. The molecule has 20 heavy (non-hydrogen) atoms. The molecule has 3 N–H and O–H groups in total. The van der Waals surface area contributed by atoms with E-state index in [4.69, 9.17) is 9.84 Å². The van der Waals surface area contributed by atoms with Crippen molar-refractivity contribution in [3.8, 4) is 0 Å². The first kappa shape index (κ1) is 14.6. The van der Waals surface area contributed by atoms with Gasteiger partial charge < -0.3 is 20.5 Å². The molecule has 0 aromatic heterocycles. The van der Waals surface area contributed by atoms with Crippen LogP contribution in [0.5, 0.6) is 0 Å². The van der Waals surface area contributed by atoms with Crippen LogP contribution in [-0.4, -0.2) is 43.9 Å². The van der Waals surface area contributed by atoms with Gasteiger partial charge in [0.25, 0.3) is 5.91 Å². The lowest BCUT2D eigenvalue weighted by atomic mass is 10.1. The third-order valence-corrected chi connectivity index (χ3v) is 3.02. The van der Waals surface area contributed by atoms with E-state index in [-0.39, 0.29) is 19.1 Å². The number of nitrogens with one attached hydrogen (secondary N) is 2. The van der Waals surface area contributed by atoms with E-state index in [1.165, 1.54) is 5.57 Å². The first-order valence-corrected chi connectivity index (χ1v) is 6.78. The van der Waals surface area contributed by atoms with Crippen LogP contribution in [0.4, 0.5) is 5.69 Å². The maximum Gasteiger partial charge on any atom is 0.251 e. The Kier molecular flexibility index (Phi) is 5.58. The molecule has 0 atom stereocenters. The summed E-state index contributed by atoms with van der Waals surface area (Å²) in [5, 5.41) is 14.6. The van der Waals surface area contributed by atoms with Crippen molar-refractivity contribution in [2.24, 2.45) is 0 Å². The number of aliphatic hydroxyl groups is 1. The molecule has 1 heterocycles. The van der Waals surface area contributed by atoms with E-state index in [9.17, 15) is 4.79 Å². The second kappa shape index (κ2) is 7.67. The zero-order valence-electron chi connectivity index (χ0n) is 11.4. The van der Waals surface area contributed by atoms with Gasteiger partial charge in [0.1, 0.15) is 0 Å². The average Bonchev–Trinajstić information content (AvgIpc) is 2.52. The molecule has 1 aromatic rings. The summed E-state index contributed by atoms with van der Waals surface area (Å²) in [6.07, 6.45) is 3.15. The summed E-state index contributed by atoms with van der Waals surface area (Å²) in [7, 11) is 0. The SMILES string of the molecule is O=C(NCCO)c1cccc(NCC2=CCCOC2)c1. The van der Waals surface area contributed by atoms with Crippen molar-refractivity contribution in [2.45, 2.75) is 6.42 Å². The summed E-state index contributed by atoms with van der Waals surface area (Å²) in [4.78, 5) is 11.8. The topological polar surface area (TPSA) is 70.6 Å². The predicted molar refractivity (Wildman–Crippen MR) is 77.9 cm³/mol. The van der Waals surface area contributed by atoms with Gasteiger partial charge in [-0.1, -0.05) is 12.1 Å². The van der Waals surface area contributed by atoms with Gasteiger partial charge in [0.15, 0.2) is 0 Å². The fourth-order valence-corrected chi connectivity index (χ4v) is 1.99. The minimum Gasteiger partial charge on any atom is -0.395 e. The van der Waals surface area contributed by atoms with Crippen molar-refractivity contribution in [1.82, 2.24) is 5.32 Å². The van der Waals surface area contributed by atoms with Crippen molar-refractivity contribution in [3.63, 3.8) is 0 Å². The fraction of sp³-hybridized carbons (Fsp3) is 0.400. The molecule has 1 aromatic carbocycles. The summed E-state index contributed by atoms with van der Waals surface area (Å²) in [6.45, 7) is 2.40. The number of hydrogen-bond donors (Lipinski definition) is 3. The van der Waals surface area contributed by atoms with Gasteiger partial charge in [-0.25, -0.2) is 0 Å². The molecule has 0 saturated carbocycles. The van der Waals surface area contributed by atoms with Crippen molar-refractivity contribution >= 4 is 11.6 Å². The van der Waals surface area contributed by atoms with Crippen LogP contribution in [-0.2, 0) is 4.74 Å². The smallest absolute Gasteiger partial charge is 0.251 e. The number of carbonyl (C=O) groups excluding carboxylic acids is 1. The summed E-state index contributed by atoms with van der Waals surface area (Å²) >= 11 is 0. The Morgan fingerprint density at radius 3 is 3.05 bits per heavy atom. The molecule has 0 saturated heterocycles. The molecule has 5 heteroatoms. The van der Waals surface area contributed by atoms with Crippen molar-refractivity contribution < 1.29 is 14.6 Å². The molecule has 1 aliphatic heterocycles. The first-order valence-electron chi connectivity index (χ1n) is 6.78. The third kappa shape index (κ3) is 4.36. The minimum atomic E-state index is -0.178. The molecule has 0 bridgehead atoms. The molecular weight excluding hydrogens is 256 g/mol. The van der Waals surface area contributed by atoms with Crippen LogP contribution in [0, 0.1) is 0 Å². The van der Waals surface area contributed by atoms with E-state index >= 15 is 0 Å². The van der Waals surface area contributed by atoms with Gasteiger partial charge in [-0.15, -0.1) is 0 Å². The van der Waals surface area contributed by atoms with Crippen LogP contribution in [0.3, 0.4) is 0 Å². The van der Waals surface area contributed by atoms with E-state index in [2.05, 4.69) is 16.7 Å². The van der Waals surface area contributed by atoms with E-state index in [0.29, 0.717) is 12.2 Å². The lowest BCUT2D eigenvalue weighted by molar-refractivity contribution is 0.0945. The standard InChI is InChI=1S/C15H20N2O3/c18-7-6-16-15(19)13-4-1-5-14(9-13)17-10-12-3-2-8-20-11-12/h1,3-5,9,17-18H,2,6-8,10-11H2,(H,16,19). The first-order chi connectivity index (χ1) is 9.79. The van der Waals surface area contributed by atoms with Gasteiger partial charge in [-0.2, -0.15) is 0 Å². The lowest BCUT2D eigenvalue weighted by Gasteiger charge is -2.15. The van der Waals surface area contributed by atoms with Gasteiger partial charge in [-0.05, 0) is 30.2 Å². The van der Waals surface area contributed by atoms with E-state index in [1.807, 2.05) is 12.1 Å². The van der Waals surface area contributed by atoms with Crippen LogP contribution in [0.2, 0.25) is 0 Å². The summed E-state index contributed by atoms with van der Waals surface area (Å²) in [6, 6.07) is 7.31. The van der Waals surface area contributed by atoms with Crippen LogP contribution in [0.25, 0.3) is 0 Å². The summed E-state index contributed by atoms with van der Waals surface area (Å²) in [5.41, 5.74) is 2.71. The van der Waals surface area contributed by atoms with Crippen LogP contribution < -0.4 is 10.6 Å². The van der Waals surface area contributed by atoms with Gasteiger partial charge in [0.2, 0.25) is 0 Å². The van der Waals surface area contributed by atoms with Crippen LogP contribution in [0.15, 0.2) is 35.9 Å². The van der Waals surface area contributed by atoms with Crippen LogP contribution >= 0.6 is 0 Å². The van der Waals surface area contributed by atoms with Gasteiger partial charge in [0, 0.05) is 24.3 Å². The average molecular weight is 276 g/mol. The largest absolute Gasteiger partial charge is 0.395 e. The molecular formula is C15H20N2O3. The Morgan fingerprint density at radius 1 is 1.40 bits per heavy atom. The second-order valence-electron chi connectivity index (χ2n) is 4.62.